The van der Waals surface area contributed by atoms with Gasteiger partial charge in [0.1, 0.15) is 12.6 Å². The SMILES string of the molecule is CC/C=C/C/C=C/C/C=C/C/C=C/C/C=C/CCCC(=O)OC[C@@H](COP(=O)(O)OC[C@@H](N)C(=O)O)OC(=O)CCCCCCCCCCCCC. The van der Waals surface area contributed by atoms with E-state index in [0.29, 0.717) is 19.3 Å². The lowest BCUT2D eigenvalue weighted by molar-refractivity contribution is -0.161. The predicted molar refractivity (Wildman–Crippen MR) is 208 cm³/mol. The van der Waals surface area contributed by atoms with Crippen LogP contribution in [0.4, 0.5) is 0 Å². The molecule has 0 aromatic heterocycles. The minimum atomic E-state index is -4.72. The summed E-state index contributed by atoms with van der Waals surface area (Å²) in [6.45, 7) is 2.59. The van der Waals surface area contributed by atoms with E-state index in [9.17, 15) is 23.8 Å². The van der Waals surface area contributed by atoms with Crippen molar-refractivity contribution in [3.05, 3.63) is 60.8 Å². The van der Waals surface area contributed by atoms with E-state index in [1.807, 2.05) is 12.2 Å². The Morgan fingerprint density at radius 1 is 0.615 bits per heavy atom. The number of carboxylic acids is 1. The first-order valence-corrected chi connectivity index (χ1v) is 20.8. The highest BCUT2D eigenvalue weighted by Gasteiger charge is 2.28. The molecule has 52 heavy (non-hydrogen) atoms. The fourth-order valence-corrected chi connectivity index (χ4v) is 5.52. The molecule has 1 unspecified atom stereocenters. The molecule has 0 aromatic rings. The molecule has 3 atom stereocenters. The lowest BCUT2D eigenvalue weighted by Gasteiger charge is -2.20. The van der Waals surface area contributed by atoms with Gasteiger partial charge < -0.3 is 25.2 Å². The Labute approximate surface area is 313 Å². The highest BCUT2D eigenvalue weighted by molar-refractivity contribution is 7.47. The Morgan fingerprint density at radius 3 is 1.60 bits per heavy atom. The van der Waals surface area contributed by atoms with Crippen LogP contribution in [-0.4, -0.2) is 59.9 Å². The summed E-state index contributed by atoms with van der Waals surface area (Å²) in [4.78, 5) is 45.7. The molecular weight excluding hydrogens is 685 g/mol. The molecule has 0 heterocycles. The van der Waals surface area contributed by atoms with Gasteiger partial charge >= 0.3 is 25.7 Å². The molecule has 12 heteroatoms. The van der Waals surface area contributed by atoms with Crippen LogP contribution in [0.1, 0.15) is 142 Å². The van der Waals surface area contributed by atoms with E-state index in [0.717, 1.165) is 51.4 Å². The quantitative estimate of drug-likeness (QED) is 0.0244. The summed E-state index contributed by atoms with van der Waals surface area (Å²) in [6.07, 6.45) is 38.7. The molecule has 0 amide bonds. The van der Waals surface area contributed by atoms with Crippen molar-refractivity contribution in [2.24, 2.45) is 5.73 Å². The van der Waals surface area contributed by atoms with E-state index in [-0.39, 0.29) is 19.4 Å². The highest BCUT2D eigenvalue weighted by Crippen LogP contribution is 2.43. The van der Waals surface area contributed by atoms with Crippen molar-refractivity contribution < 1.29 is 47.5 Å². The summed E-state index contributed by atoms with van der Waals surface area (Å²) in [6, 6.07) is -1.53. The first kappa shape index (κ1) is 49.2. The molecule has 0 aliphatic rings. The maximum Gasteiger partial charge on any atom is 0.472 e. The number of hydrogen-bond acceptors (Lipinski definition) is 9. The molecule has 0 spiro atoms. The number of phosphoric acid groups is 1. The molecule has 0 aliphatic carbocycles. The molecule has 0 saturated carbocycles. The van der Waals surface area contributed by atoms with Gasteiger partial charge in [-0.15, -0.1) is 0 Å². The Hall–Kier alpha value is -2.82. The number of unbranched alkanes of at least 4 members (excludes halogenated alkanes) is 11. The van der Waals surface area contributed by atoms with Crippen molar-refractivity contribution in [2.75, 3.05) is 19.8 Å². The molecule has 0 radical (unpaired) electrons. The van der Waals surface area contributed by atoms with Crippen LogP contribution < -0.4 is 5.73 Å². The van der Waals surface area contributed by atoms with E-state index in [4.69, 9.17) is 24.8 Å². The summed E-state index contributed by atoms with van der Waals surface area (Å²) < 4.78 is 32.5. The lowest BCUT2D eigenvalue weighted by atomic mass is 10.1. The van der Waals surface area contributed by atoms with E-state index >= 15 is 0 Å². The Morgan fingerprint density at radius 2 is 1.08 bits per heavy atom. The standard InChI is InChI=1S/C40H68NO10P/c1-3-5-7-9-11-13-15-16-17-18-19-20-22-23-25-27-29-31-38(42)48-33-36(34-49-52(46,47)50-35-37(41)40(44)45)51-39(43)32-30-28-26-24-21-14-12-10-8-6-4-2/h5,7,11,13,16-17,19-20,23,25,36-37H,3-4,6,8-10,12,14-15,18,21-22,24,26-35,41H2,1-2H3,(H,44,45)(H,46,47)/b7-5+,13-11+,17-16+,20-19+,25-23+/t36-,37+/m0/s1. The molecule has 0 fully saturated rings. The van der Waals surface area contributed by atoms with Crippen molar-refractivity contribution in [1.82, 2.24) is 0 Å². The first-order chi connectivity index (χ1) is 25.1. The third-order valence-electron chi connectivity index (χ3n) is 7.78. The average Bonchev–Trinajstić information content (AvgIpc) is 3.12. The molecule has 0 rings (SSSR count). The van der Waals surface area contributed by atoms with E-state index in [1.165, 1.54) is 44.9 Å². The van der Waals surface area contributed by atoms with Crippen molar-refractivity contribution in [1.29, 1.82) is 0 Å². The van der Waals surface area contributed by atoms with Crippen LogP contribution in [0.25, 0.3) is 0 Å². The molecule has 0 aliphatic heterocycles. The van der Waals surface area contributed by atoms with Gasteiger partial charge in [0.2, 0.25) is 0 Å². The number of esters is 2. The van der Waals surface area contributed by atoms with Gasteiger partial charge in [0.15, 0.2) is 6.10 Å². The smallest absolute Gasteiger partial charge is 0.472 e. The zero-order chi connectivity index (χ0) is 38.5. The van der Waals surface area contributed by atoms with Crippen molar-refractivity contribution in [2.45, 2.75) is 154 Å². The fourth-order valence-electron chi connectivity index (χ4n) is 4.75. The molecule has 0 aromatic carbocycles. The maximum absolute atomic E-state index is 12.5. The molecule has 11 nitrogen and oxygen atoms in total. The van der Waals surface area contributed by atoms with E-state index in [1.54, 1.807) is 0 Å². The van der Waals surface area contributed by atoms with Crippen LogP contribution in [-0.2, 0) is 37.5 Å². The predicted octanol–water partition coefficient (Wildman–Crippen LogP) is 9.61. The number of hydrogen-bond donors (Lipinski definition) is 3. The minimum Gasteiger partial charge on any atom is -0.480 e. The monoisotopic (exact) mass is 753 g/mol. The molecular formula is C40H68NO10P. The van der Waals surface area contributed by atoms with Gasteiger partial charge in [0.25, 0.3) is 0 Å². The topological polar surface area (TPSA) is 172 Å². The summed E-state index contributed by atoms with van der Waals surface area (Å²) in [7, 11) is -4.72. The zero-order valence-corrected chi connectivity index (χ0v) is 32.8. The third kappa shape index (κ3) is 34.3. The van der Waals surface area contributed by atoms with Gasteiger partial charge in [-0.1, -0.05) is 139 Å². The number of rotatable bonds is 35. The Balaban J connectivity index is 4.52. The van der Waals surface area contributed by atoms with Gasteiger partial charge in [-0.05, 0) is 51.4 Å². The number of phosphoric ester groups is 1. The number of carboxylic acid groups (broad SMARTS) is 1. The molecule has 298 valence electrons. The Bertz CT molecular complexity index is 1120. The number of aliphatic carboxylic acids is 1. The van der Waals surface area contributed by atoms with Gasteiger partial charge in [0.05, 0.1) is 13.2 Å². The number of ether oxygens (including phenoxy) is 2. The molecule has 0 bridgehead atoms. The molecule has 4 N–H and O–H groups in total. The average molecular weight is 754 g/mol. The lowest BCUT2D eigenvalue weighted by Crippen LogP contribution is -2.34. The van der Waals surface area contributed by atoms with Crippen LogP contribution >= 0.6 is 7.82 Å². The third-order valence-corrected chi connectivity index (χ3v) is 8.73. The van der Waals surface area contributed by atoms with Gasteiger partial charge in [-0.2, -0.15) is 0 Å². The normalized spacial score (nSPS) is 14.5. The van der Waals surface area contributed by atoms with Crippen molar-refractivity contribution in [3.63, 3.8) is 0 Å². The van der Waals surface area contributed by atoms with E-state index < -0.39 is 51.1 Å². The fraction of sp³-hybridized carbons (Fsp3) is 0.675. The Kier molecular flexibility index (Phi) is 33.3. The van der Waals surface area contributed by atoms with E-state index in [2.05, 4.69) is 67.0 Å². The number of nitrogens with two attached hydrogens (primary N) is 1. The second-order valence-corrected chi connectivity index (χ2v) is 14.1. The van der Waals surface area contributed by atoms with Crippen LogP contribution in [0.5, 0.6) is 0 Å². The van der Waals surface area contributed by atoms with Crippen molar-refractivity contribution in [3.8, 4) is 0 Å². The van der Waals surface area contributed by atoms with Crippen LogP contribution in [0.3, 0.4) is 0 Å². The first-order valence-electron chi connectivity index (χ1n) is 19.3. The van der Waals surface area contributed by atoms with Gasteiger partial charge in [-0.25, -0.2) is 4.57 Å². The summed E-state index contributed by atoms with van der Waals surface area (Å²) in [5.74, 6) is -2.46. The second kappa shape index (κ2) is 35.2. The van der Waals surface area contributed by atoms with Gasteiger partial charge in [-0.3, -0.25) is 23.4 Å². The number of allylic oxidation sites excluding steroid dienone is 10. The zero-order valence-electron chi connectivity index (χ0n) is 31.9. The number of carbonyl (C=O) groups excluding carboxylic acids is 2. The van der Waals surface area contributed by atoms with Crippen LogP contribution in [0.2, 0.25) is 0 Å². The summed E-state index contributed by atoms with van der Waals surface area (Å²) in [5.41, 5.74) is 5.31. The second-order valence-electron chi connectivity index (χ2n) is 12.7. The molecule has 0 saturated heterocycles. The highest BCUT2D eigenvalue weighted by atomic mass is 31.2. The van der Waals surface area contributed by atoms with Crippen LogP contribution in [0.15, 0.2) is 60.8 Å². The number of carbonyl (C=O) groups is 3. The van der Waals surface area contributed by atoms with Gasteiger partial charge in [0, 0.05) is 12.8 Å². The van der Waals surface area contributed by atoms with Crippen LogP contribution in [0, 0.1) is 0 Å². The largest absolute Gasteiger partial charge is 0.480 e. The van der Waals surface area contributed by atoms with Crippen molar-refractivity contribution >= 4 is 25.7 Å². The maximum atomic E-state index is 12.5. The summed E-state index contributed by atoms with van der Waals surface area (Å²) >= 11 is 0. The summed E-state index contributed by atoms with van der Waals surface area (Å²) in [5, 5.41) is 8.86. The minimum absolute atomic E-state index is 0.142.